The Morgan fingerprint density at radius 3 is 2.30 bits per heavy atom. The van der Waals surface area contributed by atoms with E-state index >= 15 is 0 Å². The van der Waals surface area contributed by atoms with E-state index in [1.807, 2.05) is 0 Å². The largest absolute Gasteiger partial charge is 0.511 e. The molecule has 178 valence electrons. The molecule has 0 radical (unpaired) electrons. The van der Waals surface area contributed by atoms with Crippen molar-refractivity contribution in [3.05, 3.63) is 0 Å². The van der Waals surface area contributed by atoms with Crippen LogP contribution in [0.3, 0.4) is 0 Å². The lowest BCUT2D eigenvalue weighted by Gasteiger charge is -2.52. The summed E-state index contributed by atoms with van der Waals surface area (Å²) in [6, 6.07) is 0.0340. The predicted octanol–water partition coefficient (Wildman–Crippen LogP) is 3.07. The minimum absolute atomic E-state index is 0. The second kappa shape index (κ2) is 11.0. The molecule has 2 rings (SSSR count). The number of alkyl halides is 3. The molecule has 1 aliphatic carbocycles. The number of unbranched alkanes of at least 4 members (excludes halogenated alkanes) is 1. The van der Waals surface area contributed by atoms with Crippen LogP contribution in [0, 0.1) is 5.41 Å². The van der Waals surface area contributed by atoms with E-state index in [4.69, 9.17) is 4.74 Å². The molecule has 2 atom stereocenters. The average Bonchev–Trinajstić information content (AvgIpc) is 2.65. The molecular formula is C18H34F3IN4O3S. The number of hydrogen-bond acceptors (Lipinski definition) is 4. The topological polar surface area (TPSA) is 83.0 Å². The van der Waals surface area contributed by atoms with Gasteiger partial charge in [-0.1, -0.05) is 27.2 Å². The molecule has 30 heavy (non-hydrogen) atoms. The van der Waals surface area contributed by atoms with E-state index < -0.39 is 15.5 Å². The highest BCUT2D eigenvalue weighted by Crippen LogP contribution is 2.42. The van der Waals surface area contributed by atoms with Crippen LogP contribution in [0.15, 0.2) is 4.99 Å². The van der Waals surface area contributed by atoms with E-state index in [-0.39, 0.29) is 73.5 Å². The first-order valence-corrected chi connectivity index (χ1v) is 11.5. The Kier molecular flexibility index (Phi) is 10.1. The Morgan fingerprint density at radius 2 is 1.83 bits per heavy atom. The van der Waals surface area contributed by atoms with Crippen molar-refractivity contribution in [2.45, 2.75) is 76.6 Å². The second-order valence-electron chi connectivity index (χ2n) is 8.31. The number of halogens is 4. The van der Waals surface area contributed by atoms with Crippen LogP contribution in [-0.2, 0) is 14.8 Å². The zero-order chi connectivity index (χ0) is 21.9. The fourth-order valence-corrected chi connectivity index (χ4v) is 4.68. The highest BCUT2D eigenvalue weighted by atomic mass is 127. The number of guanidine groups is 1. The molecule has 1 heterocycles. The van der Waals surface area contributed by atoms with Gasteiger partial charge in [0.25, 0.3) is 0 Å². The van der Waals surface area contributed by atoms with Crippen LogP contribution in [0.5, 0.6) is 0 Å². The van der Waals surface area contributed by atoms with E-state index in [0.29, 0.717) is 10.3 Å². The molecule has 2 aliphatic rings. The molecule has 12 heteroatoms. The van der Waals surface area contributed by atoms with Crippen molar-refractivity contribution in [2.75, 3.05) is 26.7 Å². The van der Waals surface area contributed by atoms with E-state index in [1.165, 1.54) is 0 Å². The minimum Gasteiger partial charge on any atom is -0.378 e. The number of hydrogen-bond donors (Lipinski definition) is 2. The molecule has 2 N–H and O–H groups in total. The van der Waals surface area contributed by atoms with E-state index in [1.54, 1.807) is 7.05 Å². The summed E-state index contributed by atoms with van der Waals surface area (Å²) in [7, 11) is -3.62. The Morgan fingerprint density at radius 1 is 1.23 bits per heavy atom. The molecule has 0 aromatic rings. The zero-order valence-corrected chi connectivity index (χ0v) is 21.1. The lowest BCUT2D eigenvalue weighted by atomic mass is 9.64. The molecule has 1 saturated carbocycles. The predicted molar refractivity (Wildman–Crippen MR) is 121 cm³/mol. The first-order chi connectivity index (χ1) is 13.4. The van der Waals surface area contributed by atoms with Gasteiger partial charge >= 0.3 is 15.5 Å². The number of piperidine rings is 1. The van der Waals surface area contributed by atoms with E-state index in [2.05, 4.69) is 36.4 Å². The van der Waals surface area contributed by atoms with Crippen LogP contribution in [0.2, 0.25) is 0 Å². The van der Waals surface area contributed by atoms with Crippen molar-refractivity contribution in [3.8, 4) is 0 Å². The minimum atomic E-state index is -5.26. The maximum atomic E-state index is 12.7. The Hall–Kier alpha value is -0.340. The standard InChI is InChI=1S/C18H33F3N4O3S.HI/c1-5-6-11-28-15-12-14(17(15,2)3)24-16(22-4)23-13-7-9-25(10-8-13)29(26,27)18(19,20)21;/h13-15H,5-12H2,1-4H3,(H2,22,23,24);1H. The normalized spacial score (nSPS) is 25.9. The first-order valence-electron chi connectivity index (χ1n) is 10.1. The van der Waals surface area contributed by atoms with E-state index in [0.717, 1.165) is 25.9 Å². The highest BCUT2D eigenvalue weighted by molar-refractivity contribution is 14.0. The fraction of sp³-hybridized carbons (Fsp3) is 0.944. The van der Waals surface area contributed by atoms with Crippen molar-refractivity contribution < 1.29 is 26.3 Å². The summed E-state index contributed by atoms with van der Waals surface area (Å²) in [6.45, 7) is 6.82. The summed E-state index contributed by atoms with van der Waals surface area (Å²) in [5, 5.41) is 6.59. The van der Waals surface area contributed by atoms with E-state index in [9.17, 15) is 21.6 Å². The van der Waals surface area contributed by atoms with Crippen molar-refractivity contribution >= 4 is 40.0 Å². The summed E-state index contributed by atoms with van der Waals surface area (Å²) < 4.78 is 67.5. The Bertz CT molecular complexity index is 681. The second-order valence-corrected chi connectivity index (χ2v) is 10.2. The van der Waals surface area contributed by atoms with Crippen LogP contribution >= 0.6 is 24.0 Å². The Labute approximate surface area is 194 Å². The fourth-order valence-electron chi connectivity index (χ4n) is 3.70. The van der Waals surface area contributed by atoms with Crippen LogP contribution in [0.4, 0.5) is 13.2 Å². The van der Waals surface area contributed by atoms with Crippen molar-refractivity contribution in [2.24, 2.45) is 10.4 Å². The van der Waals surface area contributed by atoms with Crippen LogP contribution in [0.25, 0.3) is 0 Å². The first kappa shape index (κ1) is 27.7. The summed E-state index contributed by atoms with van der Waals surface area (Å²) in [4.78, 5) is 4.22. The van der Waals surface area contributed by atoms with Gasteiger partial charge in [0.05, 0.1) is 6.10 Å². The summed E-state index contributed by atoms with van der Waals surface area (Å²) in [5.41, 5.74) is -5.31. The molecule has 0 spiro atoms. The van der Waals surface area contributed by atoms with Crippen molar-refractivity contribution in [1.29, 1.82) is 0 Å². The van der Waals surface area contributed by atoms with Gasteiger partial charge in [-0.25, -0.2) is 8.42 Å². The van der Waals surface area contributed by atoms with Gasteiger partial charge < -0.3 is 15.4 Å². The number of nitrogens with zero attached hydrogens (tertiary/aromatic N) is 2. The van der Waals surface area contributed by atoms with Gasteiger partial charge in [0.1, 0.15) is 0 Å². The SMILES string of the molecule is CCCCOC1CC(NC(=NC)NC2CCN(S(=O)(=O)C(F)(F)F)CC2)C1(C)C.I. The molecule has 2 fully saturated rings. The molecule has 0 amide bonds. The van der Waals surface area contributed by atoms with Gasteiger partial charge in [0.2, 0.25) is 0 Å². The van der Waals surface area contributed by atoms with Crippen LogP contribution < -0.4 is 10.6 Å². The maximum absolute atomic E-state index is 12.7. The van der Waals surface area contributed by atoms with Crippen molar-refractivity contribution in [1.82, 2.24) is 14.9 Å². The highest BCUT2D eigenvalue weighted by Gasteiger charge is 2.51. The third-order valence-corrected chi connectivity index (χ3v) is 7.59. The van der Waals surface area contributed by atoms with Gasteiger partial charge in [-0.2, -0.15) is 17.5 Å². The van der Waals surface area contributed by atoms with Gasteiger partial charge in [-0.05, 0) is 25.7 Å². The summed E-state index contributed by atoms with van der Waals surface area (Å²) >= 11 is 0. The van der Waals surface area contributed by atoms with Crippen LogP contribution in [-0.4, -0.2) is 69.1 Å². The monoisotopic (exact) mass is 570 g/mol. The molecule has 2 unspecified atom stereocenters. The molecule has 1 aliphatic heterocycles. The summed E-state index contributed by atoms with van der Waals surface area (Å²) in [6.07, 6.45) is 3.74. The van der Waals surface area contributed by atoms with Gasteiger partial charge in [-0.15, -0.1) is 24.0 Å². The quantitative estimate of drug-likeness (QED) is 0.213. The number of aliphatic imine (C=N–C) groups is 1. The molecular weight excluding hydrogens is 536 g/mol. The third kappa shape index (κ3) is 6.35. The zero-order valence-electron chi connectivity index (χ0n) is 18.0. The lowest BCUT2D eigenvalue weighted by Crippen LogP contribution is -2.64. The van der Waals surface area contributed by atoms with Crippen molar-refractivity contribution in [3.63, 3.8) is 0 Å². The third-order valence-electron chi connectivity index (χ3n) is 5.96. The molecule has 1 saturated heterocycles. The number of sulfonamides is 1. The smallest absolute Gasteiger partial charge is 0.378 e. The van der Waals surface area contributed by atoms with Crippen LogP contribution in [0.1, 0.15) is 52.9 Å². The van der Waals surface area contributed by atoms with Gasteiger partial charge in [0, 0.05) is 44.2 Å². The Balaban J connectivity index is 0.00000450. The summed E-state index contributed by atoms with van der Waals surface area (Å²) in [5.74, 6) is 0.576. The molecule has 0 aromatic carbocycles. The average molecular weight is 570 g/mol. The number of rotatable bonds is 7. The number of ether oxygens (including phenoxy) is 1. The lowest BCUT2D eigenvalue weighted by molar-refractivity contribution is -0.113. The number of nitrogens with one attached hydrogen (secondary N) is 2. The van der Waals surface area contributed by atoms with Gasteiger partial charge in [0.15, 0.2) is 5.96 Å². The van der Waals surface area contributed by atoms with Gasteiger partial charge in [-0.3, -0.25) is 4.99 Å². The molecule has 7 nitrogen and oxygen atoms in total. The molecule has 0 aromatic heterocycles. The molecule has 0 bridgehead atoms. The maximum Gasteiger partial charge on any atom is 0.511 e.